The molecule has 0 saturated heterocycles. The molecule has 0 bridgehead atoms. The molecule has 1 aliphatic rings. The monoisotopic (exact) mass is 218 g/mol. The molecule has 0 unspecified atom stereocenters. The minimum Gasteiger partial charge on any atom is -0.392 e. The number of hydrogen-bond donors (Lipinski definition) is 1. The molecule has 2 rings (SSSR count). The maximum Gasteiger partial charge on any atom is 0.0681 e. The highest BCUT2D eigenvalue weighted by molar-refractivity contribution is 5.25. The highest BCUT2D eigenvalue weighted by Gasteiger charge is 2.20. The van der Waals surface area contributed by atoms with Crippen molar-refractivity contribution in [2.45, 2.75) is 51.6 Å². The van der Waals surface area contributed by atoms with Crippen LogP contribution in [0.2, 0.25) is 0 Å². The van der Waals surface area contributed by atoms with Crippen LogP contribution in [0.5, 0.6) is 0 Å². The fourth-order valence-electron chi connectivity index (χ4n) is 2.80. The summed E-state index contributed by atoms with van der Waals surface area (Å²) < 4.78 is 0. The van der Waals surface area contributed by atoms with E-state index in [0.717, 1.165) is 17.4 Å². The van der Waals surface area contributed by atoms with Gasteiger partial charge in [-0.2, -0.15) is 0 Å². The van der Waals surface area contributed by atoms with Crippen molar-refractivity contribution in [2.75, 3.05) is 0 Å². The maximum absolute atomic E-state index is 9.01. The van der Waals surface area contributed by atoms with Crippen LogP contribution in [-0.2, 0) is 6.61 Å². The largest absolute Gasteiger partial charge is 0.392 e. The van der Waals surface area contributed by atoms with E-state index in [2.05, 4.69) is 31.2 Å². The fourth-order valence-corrected chi connectivity index (χ4v) is 2.80. The van der Waals surface area contributed by atoms with Crippen LogP contribution in [0.4, 0.5) is 0 Å². The van der Waals surface area contributed by atoms with Crippen molar-refractivity contribution < 1.29 is 5.11 Å². The molecule has 1 aromatic rings. The molecular weight excluding hydrogens is 196 g/mol. The van der Waals surface area contributed by atoms with Gasteiger partial charge >= 0.3 is 0 Å². The summed E-state index contributed by atoms with van der Waals surface area (Å²) in [5, 5.41) is 9.01. The van der Waals surface area contributed by atoms with Gasteiger partial charge in [-0.1, -0.05) is 37.6 Å². The molecule has 0 atom stereocenters. The number of hydrogen-bond acceptors (Lipinski definition) is 1. The molecule has 16 heavy (non-hydrogen) atoms. The molecule has 1 fully saturated rings. The molecule has 88 valence electrons. The lowest BCUT2D eigenvalue weighted by Crippen LogP contribution is -2.12. The van der Waals surface area contributed by atoms with Crippen LogP contribution in [0.1, 0.15) is 56.1 Å². The zero-order valence-electron chi connectivity index (χ0n) is 10.2. The summed E-state index contributed by atoms with van der Waals surface area (Å²) in [4.78, 5) is 0. The van der Waals surface area contributed by atoms with Gasteiger partial charge in [-0.05, 0) is 48.6 Å². The van der Waals surface area contributed by atoms with Crippen molar-refractivity contribution in [3.8, 4) is 0 Å². The molecule has 0 radical (unpaired) electrons. The Hall–Kier alpha value is -0.820. The second-order valence-corrected chi connectivity index (χ2v) is 5.03. The van der Waals surface area contributed by atoms with Crippen LogP contribution in [0.25, 0.3) is 0 Å². The predicted molar refractivity (Wildman–Crippen MR) is 67.4 cm³/mol. The quantitative estimate of drug-likeness (QED) is 0.816. The van der Waals surface area contributed by atoms with Gasteiger partial charge in [0.1, 0.15) is 0 Å². The Balaban J connectivity index is 1.97. The minimum atomic E-state index is 0.156. The summed E-state index contributed by atoms with van der Waals surface area (Å²) >= 11 is 0. The minimum absolute atomic E-state index is 0.156. The molecule has 1 aromatic carbocycles. The van der Waals surface area contributed by atoms with Gasteiger partial charge in [-0.25, -0.2) is 0 Å². The number of aliphatic hydroxyl groups excluding tert-OH is 1. The SMILES string of the molecule is CCC1CCC(c2ccc(CO)cc2)CC1. The fraction of sp³-hybridized carbons (Fsp3) is 0.600. The van der Waals surface area contributed by atoms with E-state index in [1.807, 2.05) is 0 Å². The standard InChI is InChI=1S/C15H22O/c1-2-12-3-7-14(8-4-12)15-9-5-13(11-16)6-10-15/h5-6,9-10,12,14,16H,2-4,7-8,11H2,1H3. The van der Waals surface area contributed by atoms with E-state index in [4.69, 9.17) is 5.11 Å². The highest BCUT2D eigenvalue weighted by atomic mass is 16.3. The summed E-state index contributed by atoms with van der Waals surface area (Å²) in [5.41, 5.74) is 2.48. The van der Waals surface area contributed by atoms with E-state index in [1.54, 1.807) is 0 Å². The van der Waals surface area contributed by atoms with Crippen LogP contribution in [-0.4, -0.2) is 5.11 Å². The van der Waals surface area contributed by atoms with Crippen molar-refractivity contribution in [3.63, 3.8) is 0 Å². The number of benzene rings is 1. The van der Waals surface area contributed by atoms with E-state index in [9.17, 15) is 0 Å². The van der Waals surface area contributed by atoms with Crippen LogP contribution >= 0.6 is 0 Å². The van der Waals surface area contributed by atoms with E-state index in [1.165, 1.54) is 37.7 Å². The Kier molecular flexibility index (Phi) is 4.00. The Morgan fingerprint density at radius 1 is 1.06 bits per heavy atom. The molecule has 0 heterocycles. The van der Waals surface area contributed by atoms with Crippen LogP contribution in [0.3, 0.4) is 0 Å². The van der Waals surface area contributed by atoms with Gasteiger partial charge in [0.2, 0.25) is 0 Å². The zero-order valence-corrected chi connectivity index (χ0v) is 10.2. The molecule has 1 nitrogen and oxygen atoms in total. The van der Waals surface area contributed by atoms with E-state index >= 15 is 0 Å². The Labute approximate surface area is 98.5 Å². The first kappa shape index (κ1) is 11.7. The summed E-state index contributed by atoms with van der Waals surface area (Å²) in [7, 11) is 0. The third-order valence-electron chi connectivity index (χ3n) is 4.06. The summed E-state index contributed by atoms with van der Waals surface area (Å²) in [6.45, 7) is 2.46. The summed E-state index contributed by atoms with van der Waals surface area (Å²) in [6, 6.07) is 8.51. The molecule has 1 saturated carbocycles. The van der Waals surface area contributed by atoms with Crippen molar-refractivity contribution in [3.05, 3.63) is 35.4 Å². The number of rotatable bonds is 3. The van der Waals surface area contributed by atoms with Gasteiger partial charge < -0.3 is 5.11 Å². The first-order valence-electron chi connectivity index (χ1n) is 6.53. The average Bonchev–Trinajstić information content (AvgIpc) is 2.39. The Morgan fingerprint density at radius 3 is 2.19 bits per heavy atom. The topological polar surface area (TPSA) is 20.2 Å². The lowest BCUT2D eigenvalue weighted by atomic mass is 9.78. The molecular formula is C15H22O. The van der Waals surface area contributed by atoms with Crippen LogP contribution < -0.4 is 0 Å². The lowest BCUT2D eigenvalue weighted by Gasteiger charge is -2.28. The zero-order chi connectivity index (χ0) is 11.4. The van der Waals surface area contributed by atoms with Gasteiger partial charge in [0.05, 0.1) is 6.61 Å². The van der Waals surface area contributed by atoms with Crippen molar-refractivity contribution >= 4 is 0 Å². The molecule has 0 spiro atoms. The van der Waals surface area contributed by atoms with E-state index in [0.29, 0.717) is 0 Å². The van der Waals surface area contributed by atoms with Crippen molar-refractivity contribution in [1.82, 2.24) is 0 Å². The molecule has 1 heteroatoms. The van der Waals surface area contributed by atoms with Gasteiger partial charge in [0, 0.05) is 0 Å². The first-order valence-corrected chi connectivity index (χ1v) is 6.53. The smallest absolute Gasteiger partial charge is 0.0681 e. The van der Waals surface area contributed by atoms with E-state index in [-0.39, 0.29) is 6.61 Å². The van der Waals surface area contributed by atoms with Gasteiger partial charge in [0.25, 0.3) is 0 Å². The second kappa shape index (κ2) is 5.49. The van der Waals surface area contributed by atoms with Gasteiger partial charge in [-0.15, -0.1) is 0 Å². The summed E-state index contributed by atoms with van der Waals surface area (Å²) in [6.07, 6.45) is 6.82. The van der Waals surface area contributed by atoms with Gasteiger partial charge in [0.15, 0.2) is 0 Å². The van der Waals surface area contributed by atoms with Gasteiger partial charge in [-0.3, -0.25) is 0 Å². The molecule has 0 aliphatic heterocycles. The highest BCUT2D eigenvalue weighted by Crippen LogP contribution is 2.36. The Bertz CT molecular complexity index is 307. The predicted octanol–water partition coefficient (Wildman–Crippen LogP) is 3.86. The molecule has 0 amide bonds. The average molecular weight is 218 g/mol. The number of aliphatic hydroxyl groups is 1. The molecule has 0 aromatic heterocycles. The summed E-state index contributed by atoms with van der Waals surface area (Å²) in [5.74, 6) is 1.73. The van der Waals surface area contributed by atoms with E-state index < -0.39 is 0 Å². The first-order chi connectivity index (χ1) is 7.83. The normalized spacial score (nSPS) is 25.6. The van der Waals surface area contributed by atoms with Crippen molar-refractivity contribution in [1.29, 1.82) is 0 Å². The second-order valence-electron chi connectivity index (χ2n) is 5.03. The molecule has 1 aliphatic carbocycles. The van der Waals surface area contributed by atoms with Crippen LogP contribution in [0.15, 0.2) is 24.3 Å². The molecule has 1 N–H and O–H groups in total. The maximum atomic E-state index is 9.01. The van der Waals surface area contributed by atoms with Crippen molar-refractivity contribution in [2.24, 2.45) is 5.92 Å². The third-order valence-corrected chi connectivity index (χ3v) is 4.06. The van der Waals surface area contributed by atoms with Crippen LogP contribution in [0, 0.1) is 5.92 Å². The Morgan fingerprint density at radius 2 is 1.69 bits per heavy atom. The lowest BCUT2D eigenvalue weighted by molar-refractivity contribution is 0.281. The third kappa shape index (κ3) is 2.65.